The fourth-order valence-electron chi connectivity index (χ4n) is 3.28. The average molecular weight is 337 g/mol. The molecule has 1 saturated heterocycles. The highest BCUT2D eigenvalue weighted by atomic mass is 35.5. The van der Waals surface area contributed by atoms with Gasteiger partial charge in [-0.25, -0.2) is 4.98 Å². The summed E-state index contributed by atoms with van der Waals surface area (Å²) in [5.74, 6) is 2.97. The molecule has 1 aliphatic carbocycles. The van der Waals surface area contributed by atoms with Crippen molar-refractivity contribution < 1.29 is 4.74 Å². The van der Waals surface area contributed by atoms with Crippen molar-refractivity contribution in [3.63, 3.8) is 0 Å². The maximum absolute atomic E-state index is 5.87. The first-order chi connectivity index (χ1) is 11.4. The molecule has 23 heavy (non-hydrogen) atoms. The monoisotopic (exact) mass is 336 g/mol. The molecular weight excluding hydrogens is 316 g/mol. The molecule has 2 aromatic heterocycles. The maximum Gasteiger partial charge on any atom is 0.256 e. The summed E-state index contributed by atoms with van der Waals surface area (Å²) in [4.78, 5) is 11.6. The van der Waals surface area contributed by atoms with E-state index in [0.29, 0.717) is 18.2 Å². The van der Waals surface area contributed by atoms with Gasteiger partial charge in [0.2, 0.25) is 5.95 Å². The third-order valence-electron chi connectivity index (χ3n) is 4.43. The van der Waals surface area contributed by atoms with Gasteiger partial charge in [-0.15, -0.1) is 16.7 Å². The lowest BCUT2D eigenvalue weighted by Gasteiger charge is -2.25. The highest BCUT2D eigenvalue weighted by Gasteiger charge is 2.22. The van der Waals surface area contributed by atoms with Gasteiger partial charge in [-0.2, -0.15) is 9.50 Å². The normalized spacial score (nSPS) is 18.2. The second-order valence-corrected chi connectivity index (χ2v) is 6.31. The number of morpholine rings is 1. The number of anilines is 2. The second kappa shape index (κ2) is 6.49. The molecule has 2 aliphatic rings. The van der Waals surface area contributed by atoms with E-state index in [1.54, 1.807) is 0 Å². The van der Waals surface area contributed by atoms with Crippen molar-refractivity contribution in [1.29, 1.82) is 0 Å². The summed E-state index contributed by atoms with van der Waals surface area (Å²) in [6.45, 7) is 3.79. The summed E-state index contributed by atoms with van der Waals surface area (Å²) >= 11 is 5.87. The Hall–Kier alpha value is -1.60. The zero-order valence-corrected chi connectivity index (χ0v) is 13.8. The summed E-state index contributed by atoms with van der Waals surface area (Å²) in [6, 6.07) is 0. The third kappa shape index (κ3) is 2.83. The van der Waals surface area contributed by atoms with Crippen molar-refractivity contribution in [3.8, 4) is 0 Å². The Kier molecular flexibility index (Phi) is 4.22. The Morgan fingerprint density at radius 2 is 1.96 bits per heavy atom. The highest BCUT2D eigenvalue weighted by Crippen LogP contribution is 2.28. The van der Waals surface area contributed by atoms with Crippen molar-refractivity contribution in [3.05, 3.63) is 11.3 Å². The second-order valence-electron chi connectivity index (χ2n) is 5.93. The van der Waals surface area contributed by atoms with E-state index in [1.165, 1.54) is 18.4 Å². The van der Waals surface area contributed by atoms with E-state index >= 15 is 0 Å². The van der Waals surface area contributed by atoms with Crippen molar-refractivity contribution in [1.82, 2.24) is 19.6 Å². The van der Waals surface area contributed by atoms with Crippen molar-refractivity contribution >= 4 is 29.1 Å². The lowest BCUT2D eigenvalue weighted by atomic mass is 9.96. The van der Waals surface area contributed by atoms with Crippen LogP contribution in [-0.2, 0) is 17.6 Å². The van der Waals surface area contributed by atoms with E-state index in [4.69, 9.17) is 26.4 Å². The summed E-state index contributed by atoms with van der Waals surface area (Å²) < 4.78 is 7.26. The number of halogens is 1. The summed E-state index contributed by atoms with van der Waals surface area (Å²) in [6.07, 6.45) is 4.44. The lowest BCUT2D eigenvalue weighted by molar-refractivity contribution is 0.122. The van der Waals surface area contributed by atoms with Gasteiger partial charge < -0.3 is 15.0 Å². The molecular formula is C15H21ClN6O. The number of aryl methyl sites for hydroxylation is 1. The molecule has 0 aromatic carbocycles. The van der Waals surface area contributed by atoms with E-state index in [-0.39, 0.29) is 0 Å². The smallest absolute Gasteiger partial charge is 0.256 e. The molecule has 1 fully saturated rings. The molecule has 0 radical (unpaired) electrons. The van der Waals surface area contributed by atoms with Crippen LogP contribution in [0.4, 0.5) is 11.8 Å². The predicted molar refractivity (Wildman–Crippen MR) is 89.7 cm³/mol. The SMILES string of the molecule is ClCCNc1c2c(nc3nc(N4CCOCC4)nn13)CCCC2. The van der Waals surface area contributed by atoms with Gasteiger partial charge in [0.25, 0.3) is 5.78 Å². The first-order valence-electron chi connectivity index (χ1n) is 8.28. The Balaban J connectivity index is 1.78. The summed E-state index contributed by atoms with van der Waals surface area (Å²) in [7, 11) is 0. The Morgan fingerprint density at radius 1 is 1.13 bits per heavy atom. The van der Waals surface area contributed by atoms with Crippen LogP contribution in [0.5, 0.6) is 0 Å². The molecule has 0 atom stereocenters. The average Bonchev–Trinajstić information content (AvgIpc) is 3.03. The van der Waals surface area contributed by atoms with Gasteiger partial charge in [0, 0.05) is 31.1 Å². The molecule has 0 bridgehead atoms. The van der Waals surface area contributed by atoms with Crippen LogP contribution in [0.3, 0.4) is 0 Å². The quantitative estimate of drug-likeness (QED) is 0.853. The number of fused-ring (bicyclic) bond motifs is 2. The first-order valence-corrected chi connectivity index (χ1v) is 8.81. The lowest BCUT2D eigenvalue weighted by Crippen LogP contribution is -2.36. The Bertz CT molecular complexity index is 697. The van der Waals surface area contributed by atoms with Crippen LogP contribution in [0.15, 0.2) is 0 Å². The van der Waals surface area contributed by atoms with Gasteiger partial charge in [-0.3, -0.25) is 0 Å². The fraction of sp³-hybridized carbons (Fsp3) is 0.667. The van der Waals surface area contributed by atoms with Gasteiger partial charge in [0.05, 0.1) is 18.9 Å². The van der Waals surface area contributed by atoms with E-state index in [9.17, 15) is 0 Å². The third-order valence-corrected chi connectivity index (χ3v) is 4.62. The van der Waals surface area contributed by atoms with Crippen LogP contribution >= 0.6 is 11.6 Å². The van der Waals surface area contributed by atoms with Crippen molar-refractivity contribution in [2.75, 3.05) is 48.9 Å². The van der Waals surface area contributed by atoms with Crippen molar-refractivity contribution in [2.24, 2.45) is 0 Å². The maximum atomic E-state index is 5.87. The molecule has 4 rings (SSSR count). The van der Waals surface area contributed by atoms with Gasteiger partial charge in [-0.05, 0) is 25.7 Å². The zero-order chi connectivity index (χ0) is 15.6. The number of nitrogens with one attached hydrogen (secondary N) is 1. The standard InChI is InChI=1S/C15H21ClN6O/c16-5-6-17-13-11-3-1-2-4-12(11)18-14-19-15(20-22(13)14)21-7-9-23-10-8-21/h17H,1-10H2. The molecule has 0 amide bonds. The Labute approximate surface area is 140 Å². The van der Waals surface area contributed by atoms with Gasteiger partial charge >= 0.3 is 0 Å². The topological polar surface area (TPSA) is 67.6 Å². The fourth-order valence-corrected chi connectivity index (χ4v) is 3.37. The van der Waals surface area contributed by atoms with E-state index in [1.807, 2.05) is 4.52 Å². The minimum atomic E-state index is 0.559. The number of alkyl halides is 1. The first kappa shape index (κ1) is 15.0. The molecule has 0 spiro atoms. The predicted octanol–water partition coefficient (Wildman–Crippen LogP) is 1.49. The molecule has 124 valence electrons. The summed E-state index contributed by atoms with van der Waals surface area (Å²) in [5.41, 5.74) is 2.43. The number of ether oxygens (including phenoxy) is 1. The minimum absolute atomic E-state index is 0.559. The van der Waals surface area contributed by atoms with Crippen LogP contribution in [0.1, 0.15) is 24.1 Å². The number of nitrogens with zero attached hydrogens (tertiary/aromatic N) is 5. The van der Waals surface area contributed by atoms with Gasteiger partial charge in [-0.1, -0.05) is 0 Å². The number of aromatic nitrogens is 4. The van der Waals surface area contributed by atoms with E-state index in [2.05, 4.69) is 15.2 Å². The molecule has 0 saturated carbocycles. The van der Waals surface area contributed by atoms with Crippen molar-refractivity contribution in [2.45, 2.75) is 25.7 Å². The van der Waals surface area contributed by atoms with Gasteiger partial charge in [0.15, 0.2) is 0 Å². The van der Waals surface area contributed by atoms with Crippen LogP contribution in [-0.4, -0.2) is 58.3 Å². The van der Waals surface area contributed by atoms with Crippen LogP contribution in [0, 0.1) is 0 Å². The Morgan fingerprint density at radius 3 is 2.78 bits per heavy atom. The van der Waals surface area contributed by atoms with Gasteiger partial charge in [0.1, 0.15) is 5.82 Å². The number of hydrogen-bond acceptors (Lipinski definition) is 6. The number of rotatable bonds is 4. The van der Waals surface area contributed by atoms with Crippen LogP contribution in [0.25, 0.3) is 5.78 Å². The summed E-state index contributed by atoms with van der Waals surface area (Å²) in [5, 5.41) is 8.13. The van der Waals surface area contributed by atoms with Crippen LogP contribution in [0.2, 0.25) is 0 Å². The molecule has 2 aromatic rings. The largest absolute Gasteiger partial charge is 0.378 e. The number of hydrogen-bond donors (Lipinski definition) is 1. The van der Waals surface area contributed by atoms with Crippen LogP contribution < -0.4 is 10.2 Å². The molecule has 1 N–H and O–H groups in total. The molecule has 8 heteroatoms. The highest BCUT2D eigenvalue weighted by molar-refractivity contribution is 6.18. The zero-order valence-electron chi connectivity index (χ0n) is 13.1. The molecule has 1 aliphatic heterocycles. The molecule has 3 heterocycles. The molecule has 7 nitrogen and oxygen atoms in total. The van der Waals surface area contributed by atoms with E-state index < -0.39 is 0 Å². The molecule has 0 unspecified atom stereocenters. The minimum Gasteiger partial charge on any atom is -0.378 e. The van der Waals surface area contributed by atoms with E-state index in [0.717, 1.165) is 56.6 Å².